The van der Waals surface area contributed by atoms with Gasteiger partial charge in [0.25, 0.3) is 0 Å². The second-order valence-corrected chi connectivity index (χ2v) is 2.93. The van der Waals surface area contributed by atoms with E-state index in [2.05, 4.69) is 10.4 Å². The number of nitrogens with zero attached hydrogens (tertiary/aromatic N) is 2. The van der Waals surface area contributed by atoms with Gasteiger partial charge in [-0.2, -0.15) is 5.10 Å². The third-order valence-corrected chi connectivity index (χ3v) is 2.05. The molecule has 2 N–H and O–H groups in total. The molecule has 0 saturated carbocycles. The summed E-state index contributed by atoms with van der Waals surface area (Å²) in [5.74, 6) is -0.423. The first-order chi connectivity index (χ1) is 6.06. The van der Waals surface area contributed by atoms with E-state index in [0.29, 0.717) is 16.5 Å². The standard InChI is InChI=1S/C7H10ClN3O2/c1-9-7-6(8)4(3-5(12)13)11(2)10-7/h3H2,1-2H3,(H,9,10)(H,12,13). The Labute approximate surface area is 80.3 Å². The number of rotatable bonds is 3. The summed E-state index contributed by atoms with van der Waals surface area (Å²) < 4.78 is 1.46. The van der Waals surface area contributed by atoms with Crippen molar-refractivity contribution in [1.82, 2.24) is 9.78 Å². The molecular formula is C7H10ClN3O2. The van der Waals surface area contributed by atoms with Crippen molar-refractivity contribution in [1.29, 1.82) is 0 Å². The van der Waals surface area contributed by atoms with Gasteiger partial charge in [-0.3, -0.25) is 9.48 Å². The summed E-state index contributed by atoms with van der Waals surface area (Å²) in [7, 11) is 3.34. The number of halogens is 1. The quantitative estimate of drug-likeness (QED) is 0.761. The molecule has 0 aliphatic heterocycles. The Morgan fingerprint density at radius 3 is 2.77 bits per heavy atom. The van der Waals surface area contributed by atoms with Crippen LogP contribution in [0.5, 0.6) is 0 Å². The molecule has 0 amide bonds. The van der Waals surface area contributed by atoms with Crippen LogP contribution in [0.4, 0.5) is 5.82 Å². The van der Waals surface area contributed by atoms with E-state index in [9.17, 15) is 4.79 Å². The second-order valence-electron chi connectivity index (χ2n) is 2.55. The molecule has 0 aliphatic rings. The van der Waals surface area contributed by atoms with Crippen molar-refractivity contribution in [3.63, 3.8) is 0 Å². The van der Waals surface area contributed by atoms with Crippen LogP contribution in [0.3, 0.4) is 0 Å². The highest BCUT2D eigenvalue weighted by Crippen LogP contribution is 2.24. The number of carbonyl (C=O) groups is 1. The fourth-order valence-corrected chi connectivity index (χ4v) is 1.35. The van der Waals surface area contributed by atoms with Gasteiger partial charge in [0.1, 0.15) is 5.02 Å². The molecule has 0 fully saturated rings. The number of nitrogens with one attached hydrogen (secondary N) is 1. The zero-order valence-corrected chi connectivity index (χ0v) is 8.09. The van der Waals surface area contributed by atoms with E-state index >= 15 is 0 Å². The van der Waals surface area contributed by atoms with Crippen LogP contribution >= 0.6 is 11.6 Å². The Bertz CT molecular complexity index is 335. The van der Waals surface area contributed by atoms with Gasteiger partial charge in [0.05, 0.1) is 12.1 Å². The molecular weight excluding hydrogens is 194 g/mol. The molecule has 1 rings (SSSR count). The zero-order chi connectivity index (χ0) is 10.0. The lowest BCUT2D eigenvalue weighted by Gasteiger charge is -1.96. The Kier molecular flexibility index (Phi) is 2.77. The first-order valence-corrected chi connectivity index (χ1v) is 4.05. The molecule has 13 heavy (non-hydrogen) atoms. The van der Waals surface area contributed by atoms with Gasteiger partial charge < -0.3 is 10.4 Å². The van der Waals surface area contributed by atoms with Gasteiger partial charge in [0.15, 0.2) is 5.82 Å². The normalized spacial score (nSPS) is 10.1. The molecule has 0 bridgehead atoms. The summed E-state index contributed by atoms with van der Waals surface area (Å²) in [6.07, 6.45) is -0.121. The molecule has 0 unspecified atom stereocenters. The summed E-state index contributed by atoms with van der Waals surface area (Å²) in [4.78, 5) is 10.5. The van der Waals surface area contributed by atoms with E-state index in [4.69, 9.17) is 16.7 Å². The molecule has 1 aromatic rings. The number of aliphatic carboxylic acids is 1. The SMILES string of the molecule is CNc1nn(C)c(CC(=O)O)c1Cl. The summed E-state index contributed by atoms with van der Waals surface area (Å²) in [6, 6.07) is 0. The number of hydrogen-bond donors (Lipinski definition) is 2. The minimum absolute atomic E-state index is 0.121. The predicted octanol–water partition coefficient (Wildman–Crippen LogP) is 0.742. The highest BCUT2D eigenvalue weighted by molar-refractivity contribution is 6.33. The molecule has 0 saturated heterocycles. The smallest absolute Gasteiger partial charge is 0.309 e. The van der Waals surface area contributed by atoms with Crippen LogP contribution in [0.25, 0.3) is 0 Å². The molecule has 1 heterocycles. The van der Waals surface area contributed by atoms with Gasteiger partial charge in [-0.05, 0) is 0 Å². The van der Waals surface area contributed by atoms with E-state index in [0.717, 1.165) is 0 Å². The van der Waals surface area contributed by atoms with Gasteiger partial charge in [-0.25, -0.2) is 0 Å². The first-order valence-electron chi connectivity index (χ1n) is 3.67. The minimum Gasteiger partial charge on any atom is -0.481 e. The zero-order valence-electron chi connectivity index (χ0n) is 7.33. The fourth-order valence-electron chi connectivity index (χ4n) is 1.03. The van der Waals surface area contributed by atoms with Gasteiger partial charge >= 0.3 is 5.97 Å². The summed E-state index contributed by atoms with van der Waals surface area (Å²) >= 11 is 5.86. The Balaban J connectivity index is 3.05. The van der Waals surface area contributed by atoms with E-state index in [1.165, 1.54) is 4.68 Å². The largest absolute Gasteiger partial charge is 0.481 e. The van der Waals surface area contributed by atoms with Crippen molar-refractivity contribution in [3.05, 3.63) is 10.7 Å². The Morgan fingerprint density at radius 2 is 2.38 bits per heavy atom. The molecule has 0 radical (unpaired) electrons. The maximum atomic E-state index is 10.5. The third-order valence-electron chi connectivity index (χ3n) is 1.66. The maximum Gasteiger partial charge on any atom is 0.309 e. The average Bonchev–Trinajstić information content (AvgIpc) is 2.31. The van der Waals surface area contributed by atoms with Gasteiger partial charge in [0, 0.05) is 14.1 Å². The highest BCUT2D eigenvalue weighted by Gasteiger charge is 2.15. The topological polar surface area (TPSA) is 67.2 Å². The summed E-state index contributed by atoms with van der Waals surface area (Å²) in [6.45, 7) is 0. The van der Waals surface area contributed by atoms with Gasteiger partial charge in [-0.15, -0.1) is 0 Å². The molecule has 6 heteroatoms. The molecule has 1 aromatic heterocycles. The number of carboxylic acid groups (broad SMARTS) is 1. The van der Waals surface area contributed by atoms with Crippen molar-refractivity contribution in [2.75, 3.05) is 12.4 Å². The number of carboxylic acids is 1. The third kappa shape index (κ3) is 1.92. The lowest BCUT2D eigenvalue weighted by Crippen LogP contribution is -2.06. The molecule has 0 aromatic carbocycles. The van der Waals surface area contributed by atoms with Crippen molar-refractivity contribution in [3.8, 4) is 0 Å². The van der Waals surface area contributed by atoms with E-state index in [1.807, 2.05) is 0 Å². The van der Waals surface area contributed by atoms with Gasteiger partial charge in [-0.1, -0.05) is 11.6 Å². The van der Waals surface area contributed by atoms with Crippen molar-refractivity contribution in [2.24, 2.45) is 7.05 Å². The molecule has 0 atom stereocenters. The molecule has 5 nitrogen and oxygen atoms in total. The molecule has 72 valence electrons. The lowest BCUT2D eigenvalue weighted by atomic mass is 10.3. The van der Waals surface area contributed by atoms with Crippen molar-refractivity contribution >= 4 is 23.4 Å². The lowest BCUT2D eigenvalue weighted by molar-refractivity contribution is -0.136. The minimum atomic E-state index is -0.924. The highest BCUT2D eigenvalue weighted by atomic mass is 35.5. The monoisotopic (exact) mass is 203 g/mol. The van der Waals surface area contributed by atoms with E-state index < -0.39 is 5.97 Å². The number of anilines is 1. The van der Waals surface area contributed by atoms with Crippen LogP contribution in [-0.4, -0.2) is 27.9 Å². The summed E-state index contributed by atoms with van der Waals surface area (Å²) in [5.41, 5.74) is 0.499. The van der Waals surface area contributed by atoms with Crippen LogP contribution in [-0.2, 0) is 18.3 Å². The molecule has 0 spiro atoms. The first kappa shape index (κ1) is 9.85. The van der Waals surface area contributed by atoms with Crippen LogP contribution in [0.15, 0.2) is 0 Å². The van der Waals surface area contributed by atoms with Crippen LogP contribution in [0.1, 0.15) is 5.69 Å². The average molecular weight is 204 g/mol. The van der Waals surface area contributed by atoms with E-state index in [-0.39, 0.29) is 6.42 Å². The number of aryl methyl sites for hydroxylation is 1. The van der Waals surface area contributed by atoms with Crippen LogP contribution < -0.4 is 5.32 Å². The van der Waals surface area contributed by atoms with Crippen LogP contribution in [0, 0.1) is 0 Å². The Hall–Kier alpha value is -1.23. The van der Waals surface area contributed by atoms with Crippen LogP contribution in [0.2, 0.25) is 5.02 Å². The summed E-state index contributed by atoms with van der Waals surface area (Å²) in [5, 5.41) is 15.7. The van der Waals surface area contributed by atoms with Crippen molar-refractivity contribution < 1.29 is 9.90 Å². The number of aromatic nitrogens is 2. The van der Waals surface area contributed by atoms with Gasteiger partial charge in [0.2, 0.25) is 0 Å². The fraction of sp³-hybridized carbons (Fsp3) is 0.429. The molecule has 0 aliphatic carbocycles. The van der Waals surface area contributed by atoms with E-state index in [1.54, 1.807) is 14.1 Å². The number of hydrogen-bond acceptors (Lipinski definition) is 3. The maximum absolute atomic E-state index is 10.5. The Morgan fingerprint density at radius 1 is 1.77 bits per heavy atom. The predicted molar refractivity (Wildman–Crippen MR) is 49.1 cm³/mol. The second kappa shape index (κ2) is 3.66. The van der Waals surface area contributed by atoms with Crippen molar-refractivity contribution in [2.45, 2.75) is 6.42 Å².